The van der Waals surface area contributed by atoms with Crippen molar-refractivity contribution in [2.75, 3.05) is 13.1 Å². The highest BCUT2D eigenvalue weighted by molar-refractivity contribution is 5.54. The van der Waals surface area contributed by atoms with Crippen molar-refractivity contribution < 1.29 is 4.39 Å². The molecule has 2 heterocycles. The van der Waals surface area contributed by atoms with Crippen molar-refractivity contribution in [1.29, 1.82) is 0 Å². The maximum atomic E-state index is 13.4. The number of hydrogen-bond donors (Lipinski definition) is 1. The molecule has 3 nitrogen and oxygen atoms in total. The molecule has 0 radical (unpaired) electrons. The smallest absolute Gasteiger partial charge is 0.137 e. The summed E-state index contributed by atoms with van der Waals surface area (Å²) < 4.78 is 13.4. The Bertz CT molecular complexity index is 820. The van der Waals surface area contributed by atoms with Gasteiger partial charge in [0, 0.05) is 24.0 Å². The molecule has 1 N–H and O–H groups in total. The van der Waals surface area contributed by atoms with E-state index in [9.17, 15) is 4.39 Å². The quantitative estimate of drug-likeness (QED) is 0.756. The predicted molar refractivity (Wildman–Crippen MR) is 97.7 cm³/mol. The molecule has 0 atom stereocenters. The van der Waals surface area contributed by atoms with Gasteiger partial charge in [0.2, 0.25) is 0 Å². The van der Waals surface area contributed by atoms with E-state index in [4.69, 9.17) is 0 Å². The second kappa shape index (κ2) is 7.19. The largest absolute Gasteiger partial charge is 0.341 e. The van der Waals surface area contributed by atoms with Crippen LogP contribution >= 0.6 is 0 Å². The number of imidazole rings is 1. The topological polar surface area (TPSA) is 31.9 Å². The molecule has 25 heavy (non-hydrogen) atoms. The van der Waals surface area contributed by atoms with Crippen LogP contribution in [0.5, 0.6) is 0 Å². The molecule has 1 aromatic heterocycles. The minimum Gasteiger partial charge on any atom is -0.341 e. The van der Waals surface area contributed by atoms with Crippen molar-refractivity contribution in [2.45, 2.75) is 25.3 Å². The minimum absolute atomic E-state index is 0.238. The Morgan fingerprint density at radius 1 is 1.04 bits per heavy atom. The average Bonchev–Trinajstić information content (AvgIpc) is 3.12. The van der Waals surface area contributed by atoms with E-state index < -0.39 is 0 Å². The van der Waals surface area contributed by atoms with E-state index in [1.165, 1.54) is 30.5 Å². The van der Waals surface area contributed by atoms with Crippen LogP contribution in [-0.2, 0) is 6.54 Å². The Hall–Kier alpha value is -2.46. The lowest BCUT2D eigenvalue weighted by Gasteiger charge is -2.31. The monoisotopic (exact) mass is 335 g/mol. The highest BCUT2D eigenvalue weighted by Gasteiger charge is 2.20. The van der Waals surface area contributed by atoms with Crippen LogP contribution in [0, 0.1) is 5.82 Å². The van der Waals surface area contributed by atoms with E-state index in [1.807, 2.05) is 12.3 Å². The van der Waals surface area contributed by atoms with Gasteiger partial charge in [-0.25, -0.2) is 9.37 Å². The summed E-state index contributed by atoms with van der Waals surface area (Å²) in [6.07, 6.45) is 4.24. The van der Waals surface area contributed by atoms with Gasteiger partial charge < -0.3 is 4.98 Å². The first-order valence-electron chi connectivity index (χ1n) is 8.85. The summed E-state index contributed by atoms with van der Waals surface area (Å²) in [6, 6.07) is 17.3. The van der Waals surface area contributed by atoms with Gasteiger partial charge in [-0.3, -0.25) is 4.90 Å². The van der Waals surface area contributed by atoms with Crippen LogP contribution in [0.25, 0.3) is 11.4 Å². The number of rotatable bonds is 4. The van der Waals surface area contributed by atoms with Gasteiger partial charge in [-0.05, 0) is 49.5 Å². The van der Waals surface area contributed by atoms with Crippen LogP contribution in [-0.4, -0.2) is 28.0 Å². The van der Waals surface area contributed by atoms with Gasteiger partial charge >= 0.3 is 0 Å². The van der Waals surface area contributed by atoms with Crippen molar-refractivity contribution in [3.05, 3.63) is 77.9 Å². The Kier molecular flexibility index (Phi) is 4.61. The Morgan fingerprint density at radius 2 is 1.84 bits per heavy atom. The number of likely N-dealkylation sites (tertiary alicyclic amines) is 1. The van der Waals surface area contributed by atoms with Crippen LogP contribution in [0.4, 0.5) is 4.39 Å². The maximum absolute atomic E-state index is 13.4. The SMILES string of the molecule is Fc1cccc(-c2ncc(CN3CCC(c4ccccc4)CC3)[nH]2)c1. The number of nitrogens with one attached hydrogen (secondary N) is 1. The molecular formula is C21H22FN3. The first-order chi connectivity index (χ1) is 12.3. The number of aromatic nitrogens is 2. The summed E-state index contributed by atoms with van der Waals surface area (Å²) in [5.41, 5.74) is 3.32. The van der Waals surface area contributed by atoms with Gasteiger partial charge in [-0.1, -0.05) is 42.5 Å². The molecule has 1 fully saturated rings. The lowest BCUT2D eigenvalue weighted by molar-refractivity contribution is 0.203. The van der Waals surface area contributed by atoms with Gasteiger partial charge in [-0.15, -0.1) is 0 Å². The fraction of sp³-hybridized carbons (Fsp3) is 0.286. The lowest BCUT2D eigenvalue weighted by atomic mass is 9.89. The van der Waals surface area contributed by atoms with E-state index in [-0.39, 0.29) is 5.82 Å². The van der Waals surface area contributed by atoms with Crippen molar-refractivity contribution in [3.8, 4) is 11.4 Å². The van der Waals surface area contributed by atoms with Crippen LogP contribution in [0.3, 0.4) is 0 Å². The second-order valence-corrected chi connectivity index (χ2v) is 6.73. The van der Waals surface area contributed by atoms with Gasteiger partial charge in [0.15, 0.2) is 0 Å². The zero-order chi connectivity index (χ0) is 17.1. The van der Waals surface area contributed by atoms with Crippen molar-refractivity contribution in [3.63, 3.8) is 0 Å². The molecule has 1 saturated heterocycles. The molecule has 0 amide bonds. The molecule has 4 heteroatoms. The fourth-order valence-electron chi connectivity index (χ4n) is 3.61. The fourth-order valence-corrected chi connectivity index (χ4v) is 3.61. The van der Waals surface area contributed by atoms with E-state index in [2.05, 4.69) is 45.2 Å². The maximum Gasteiger partial charge on any atom is 0.137 e. The Morgan fingerprint density at radius 3 is 2.60 bits per heavy atom. The summed E-state index contributed by atoms with van der Waals surface area (Å²) in [4.78, 5) is 10.2. The van der Waals surface area contributed by atoms with Crippen LogP contribution < -0.4 is 0 Å². The molecule has 1 aliphatic rings. The number of halogens is 1. The Balaban J connectivity index is 1.36. The summed E-state index contributed by atoms with van der Waals surface area (Å²) in [5, 5.41) is 0. The zero-order valence-corrected chi connectivity index (χ0v) is 14.2. The third-order valence-electron chi connectivity index (χ3n) is 4.98. The van der Waals surface area contributed by atoms with E-state index in [0.717, 1.165) is 36.7 Å². The van der Waals surface area contributed by atoms with Crippen molar-refractivity contribution >= 4 is 0 Å². The standard InChI is InChI=1S/C21H22FN3/c22-19-8-4-7-18(13-19)21-23-14-20(24-21)15-25-11-9-17(10-12-25)16-5-2-1-3-6-16/h1-8,13-14,17H,9-12,15H2,(H,23,24). The molecule has 0 bridgehead atoms. The Labute approximate surface area is 147 Å². The second-order valence-electron chi connectivity index (χ2n) is 6.73. The summed E-state index contributed by atoms with van der Waals surface area (Å²) in [6.45, 7) is 3.05. The minimum atomic E-state index is -0.238. The molecule has 0 saturated carbocycles. The molecule has 0 aliphatic carbocycles. The molecule has 0 unspecified atom stereocenters. The number of nitrogens with zero attached hydrogens (tertiary/aromatic N) is 2. The molecule has 1 aliphatic heterocycles. The molecular weight excluding hydrogens is 313 g/mol. The van der Waals surface area contributed by atoms with E-state index in [0.29, 0.717) is 5.92 Å². The van der Waals surface area contributed by atoms with Gasteiger partial charge in [0.25, 0.3) is 0 Å². The molecule has 128 valence electrons. The first kappa shape index (κ1) is 16.0. The summed E-state index contributed by atoms with van der Waals surface area (Å²) >= 11 is 0. The number of hydrogen-bond acceptors (Lipinski definition) is 2. The van der Waals surface area contributed by atoms with Crippen molar-refractivity contribution in [1.82, 2.24) is 14.9 Å². The summed E-state index contributed by atoms with van der Waals surface area (Å²) in [7, 11) is 0. The molecule has 2 aromatic carbocycles. The molecule has 0 spiro atoms. The number of H-pyrrole nitrogens is 1. The third kappa shape index (κ3) is 3.80. The highest BCUT2D eigenvalue weighted by Crippen LogP contribution is 2.28. The molecule has 3 aromatic rings. The number of piperidine rings is 1. The van der Waals surface area contributed by atoms with Crippen LogP contribution in [0.2, 0.25) is 0 Å². The van der Waals surface area contributed by atoms with E-state index >= 15 is 0 Å². The van der Waals surface area contributed by atoms with Gasteiger partial charge in [-0.2, -0.15) is 0 Å². The number of benzene rings is 2. The van der Waals surface area contributed by atoms with Gasteiger partial charge in [0.1, 0.15) is 11.6 Å². The zero-order valence-electron chi connectivity index (χ0n) is 14.2. The lowest BCUT2D eigenvalue weighted by Crippen LogP contribution is -2.32. The predicted octanol–water partition coefficient (Wildman–Crippen LogP) is 4.60. The first-order valence-corrected chi connectivity index (χ1v) is 8.85. The third-order valence-corrected chi connectivity index (χ3v) is 4.98. The van der Waals surface area contributed by atoms with Crippen LogP contribution in [0.15, 0.2) is 60.8 Å². The van der Waals surface area contributed by atoms with Gasteiger partial charge in [0.05, 0.1) is 0 Å². The molecule has 4 rings (SSSR count). The highest BCUT2D eigenvalue weighted by atomic mass is 19.1. The average molecular weight is 335 g/mol. The number of aromatic amines is 1. The van der Waals surface area contributed by atoms with Crippen LogP contribution in [0.1, 0.15) is 30.0 Å². The van der Waals surface area contributed by atoms with E-state index in [1.54, 1.807) is 6.07 Å². The van der Waals surface area contributed by atoms with Crippen molar-refractivity contribution in [2.24, 2.45) is 0 Å². The summed E-state index contributed by atoms with van der Waals surface area (Å²) in [5.74, 6) is 1.16. The normalized spacial score (nSPS) is 16.2.